The van der Waals surface area contributed by atoms with E-state index in [1.165, 1.54) is 34.7 Å². The van der Waals surface area contributed by atoms with Crippen LogP contribution in [-0.2, 0) is 19.4 Å². The van der Waals surface area contributed by atoms with Crippen LogP contribution in [0.25, 0.3) is 0 Å². The van der Waals surface area contributed by atoms with Crippen LogP contribution in [0.2, 0.25) is 0 Å². The zero-order chi connectivity index (χ0) is 13.4. The summed E-state index contributed by atoms with van der Waals surface area (Å²) >= 11 is 1.39. The van der Waals surface area contributed by atoms with Crippen LogP contribution in [-0.4, -0.2) is 9.55 Å². The van der Waals surface area contributed by atoms with Crippen molar-refractivity contribution in [2.24, 2.45) is 0 Å². The molecule has 0 aliphatic heterocycles. The largest absolute Gasteiger partial charge is 0.443 e. The molecule has 0 N–H and O–H groups in total. The van der Waals surface area contributed by atoms with Crippen LogP contribution in [0, 0.1) is 0 Å². The predicted molar refractivity (Wildman–Crippen MR) is 74.9 cm³/mol. The molecule has 0 radical (unpaired) electrons. The van der Waals surface area contributed by atoms with Crippen molar-refractivity contribution in [1.29, 1.82) is 0 Å². The summed E-state index contributed by atoms with van der Waals surface area (Å²) in [5.41, 5.74) is 1.20. The number of nitrogens with zero attached hydrogens (tertiary/aromatic N) is 2. The molecule has 5 heteroatoms. The lowest BCUT2D eigenvalue weighted by Crippen LogP contribution is -2.18. The quantitative estimate of drug-likeness (QED) is 0.867. The molecule has 0 saturated carbocycles. The summed E-state index contributed by atoms with van der Waals surface area (Å²) in [6.07, 6.45) is 6.19. The number of thiazole rings is 1. The maximum absolute atomic E-state index is 12.1. The Morgan fingerprint density at radius 2 is 2.21 bits per heavy atom. The summed E-state index contributed by atoms with van der Waals surface area (Å²) in [6.45, 7) is 4.61. The van der Waals surface area contributed by atoms with Crippen LogP contribution >= 0.6 is 11.3 Å². The normalized spacial score (nSPS) is 14.9. The first kappa shape index (κ1) is 12.7. The van der Waals surface area contributed by atoms with Gasteiger partial charge in [0, 0.05) is 16.5 Å². The third-order valence-electron chi connectivity index (χ3n) is 3.58. The van der Waals surface area contributed by atoms with Crippen molar-refractivity contribution in [1.82, 2.24) is 9.55 Å². The van der Waals surface area contributed by atoms with E-state index in [1.54, 1.807) is 6.20 Å². The van der Waals surface area contributed by atoms with Gasteiger partial charge in [-0.3, -0.25) is 9.36 Å². The average Bonchev–Trinajstić information content (AvgIpc) is 2.96. The minimum absolute atomic E-state index is 0.121. The fourth-order valence-corrected chi connectivity index (χ4v) is 3.56. The summed E-state index contributed by atoms with van der Waals surface area (Å²) in [6, 6.07) is 0. The van der Waals surface area contributed by atoms with Crippen LogP contribution in [0.3, 0.4) is 0 Å². The van der Waals surface area contributed by atoms with Crippen LogP contribution < -0.4 is 4.87 Å². The zero-order valence-corrected chi connectivity index (χ0v) is 12.1. The van der Waals surface area contributed by atoms with Gasteiger partial charge >= 0.3 is 4.87 Å². The first-order valence-electron chi connectivity index (χ1n) is 6.81. The Morgan fingerprint density at radius 3 is 2.95 bits per heavy atom. The lowest BCUT2D eigenvalue weighted by Gasteiger charge is -2.12. The van der Waals surface area contributed by atoms with E-state index in [1.807, 2.05) is 4.57 Å². The molecule has 19 heavy (non-hydrogen) atoms. The van der Waals surface area contributed by atoms with Gasteiger partial charge in [0.25, 0.3) is 0 Å². The summed E-state index contributed by atoms with van der Waals surface area (Å²) in [4.78, 5) is 17.7. The number of hydrogen-bond donors (Lipinski definition) is 0. The van der Waals surface area contributed by atoms with E-state index >= 15 is 0 Å². The van der Waals surface area contributed by atoms with Crippen molar-refractivity contribution in [2.75, 3.05) is 0 Å². The summed E-state index contributed by atoms with van der Waals surface area (Å²) in [7, 11) is 0. The summed E-state index contributed by atoms with van der Waals surface area (Å²) in [5.74, 6) is 1.85. The molecule has 0 atom stereocenters. The lowest BCUT2D eigenvalue weighted by molar-refractivity contribution is 0.423. The van der Waals surface area contributed by atoms with E-state index in [4.69, 9.17) is 4.42 Å². The molecule has 0 fully saturated rings. The Balaban J connectivity index is 1.90. The number of oxazole rings is 1. The molecule has 1 aliphatic rings. The van der Waals surface area contributed by atoms with E-state index in [0.29, 0.717) is 18.4 Å². The minimum Gasteiger partial charge on any atom is -0.443 e. The second kappa shape index (κ2) is 4.96. The molecule has 3 rings (SSSR count). The fraction of sp³-hybridized carbons (Fsp3) is 0.571. The molecule has 4 nitrogen and oxygen atoms in total. The number of aryl methyl sites for hydroxylation is 1. The van der Waals surface area contributed by atoms with Crippen LogP contribution in [0.4, 0.5) is 0 Å². The van der Waals surface area contributed by atoms with E-state index in [-0.39, 0.29) is 4.87 Å². The molecule has 2 heterocycles. The Morgan fingerprint density at radius 1 is 1.42 bits per heavy atom. The molecular formula is C14H18N2O2S. The summed E-state index contributed by atoms with van der Waals surface area (Å²) in [5, 5.41) is 0. The molecule has 0 bridgehead atoms. The summed E-state index contributed by atoms with van der Waals surface area (Å²) < 4.78 is 7.54. The van der Waals surface area contributed by atoms with Gasteiger partial charge in [-0.25, -0.2) is 4.98 Å². The number of aromatic nitrogens is 2. The third-order valence-corrected chi connectivity index (χ3v) is 4.66. The molecule has 1 aliphatic carbocycles. The van der Waals surface area contributed by atoms with Gasteiger partial charge < -0.3 is 4.42 Å². The fourth-order valence-electron chi connectivity index (χ4n) is 2.49. The van der Waals surface area contributed by atoms with Crippen LogP contribution in [0.15, 0.2) is 15.4 Å². The molecule has 2 aromatic rings. The molecule has 0 saturated heterocycles. The van der Waals surface area contributed by atoms with E-state index in [9.17, 15) is 4.79 Å². The highest BCUT2D eigenvalue weighted by Crippen LogP contribution is 2.24. The molecule has 0 spiro atoms. The van der Waals surface area contributed by atoms with Crippen molar-refractivity contribution in [3.05, 3.63) is 38.1 Å². The molecule has 2 aromatic heterocycles. The van der Waals surface area contributed by atoms with Gasteiger partial charge in [0.05, 0.1) is 6.20 Å². The number of fused-ring (bicyclic) bond motifs is 1. The second-order valence-corrected chi connectivity index (χ2v) is 6.39. The molecular weight excluding hydrogens is 260 g/mol. The van der Waals surface area contributed by atoms with Crippen molar-refractivity contribution in [3.63, 3.8) is 0 Å². The van der Waals surface area contributed by atoms with E-state index in [2.05, 4.69) is 18.8 Å². The Labute approximate surface area is 116 Å². The van der Waals surface area contributed by atoms with Crippen LogP contribution in [0.5, 0.6) is 0 Å². The van der Waals surface area contributed by atoms with Crippen molar-refractivity contribution in [2.45, 2.75) is 52.0 Å². The zero-order valence-electron chi connectivity index (χ0n) is 11.3. The molecule has 0 aromatic carbocycles. The Bertz CT molecular complexity index is 636. The molecule has 102 valence electrons. The van der Waals surface area contributed by atoms with Crippen molar-refractivity contribution < 1.29 is 4.42 Å². The second-order valence-electron chi connectivity index (χ2n) is 5.34. The van der Waals surface area contributed by atoms with Gasteiger partial charge in [0.2, 0.25) is 5.89 Å². The smallest absolute Gasteiger partial charge is 0.308 e. The predicted octanol–water partition coefficient (Wildman–Crippen LogP) is 2.95. The van der Waals surface area contributed by atoms with Crippen molar-refractivity contribution in [3.8, 4) is 0 Å². The number of rotatable bonds is 3. The van der Waals surface area contributed by atoms with E-state index in [0.717, 1.165) is 18.6 Å². The highest BCUT2D eigenvalue weighted by atomic mass is 32.1. The highest BCUT2D eigenvalue weighted by Gasteiger charge is 2.19. The highest BCUT2D eigenvalue weighted by molar-refractivity contribution is 7.09. The average molecular weight is 278 g/mol. The van der Waals surface area contributed by atoms with Gasteiger partial charge in [0.15, 0.2) is 0 Å². The van der Waals surface area contributed by atoms with Gasteiger partial charge in [-0.2, -0.15) is 0 Å². The Kier molecular flexibility index (Phi) is 3.31. The first-order valence-corrected chi connectivity index (χ1v) is 7.63. The third kappa shape index (κ3) is 2.39. The maximum Gasteiger partial charge on any atom is 0.308 e. The Hall–Kier alpha value is -1.36. The van der Waals surface area contributed by atoms with Crippen LogP contribution in [0.1, 0.15) is 54.8 Å². The number of hydrogen-bond acceptors (Lipinski definition) is 4. The van der Waals surface area contributed by atoms with Crippen molar-refractivity contribution >= 4 is 11.3 Å². The van der Waals surface area contributed by atoms with Gasteiger partial charge in [-0.15, -0.1) is 0 Å². The first-order chi connectivity index (χ1) is 9.15. The topological polar surface area (TPSA) is 48.0 Å². The monoisotopic (exact) mass is 278 g/mol. The molecule has 0 unspecified atom stereocenters. The van der Waals surface area contributed by atoms with Gasteiger partial charge in [0.1, 0.15) is 12.3 Å². The molecule has 0 amide bonds. The minimum atomic E-state index is 0.121. The lowest BCUT2D eigenvalue weighted by atomic mass is 10.0. The SMILES string of the molecule is CC(C)c1cnc(Cn2c3c(sc2=O)CCCC3)o1. The van der Waals surface area contributed by atoms with E-state index < -0.39 is 0 Å². The maximum atomic E-state index is 12.1. The standard InChI is InChI=1S/C14H18N2O2S/c1-9(2)11-7-15-13(18-11)8-16-10-5-3-4-6-12(10)19-14(16)17/h7,9H,3-6,8H2,1-2H3. The van der Waals surface area contributed by atoms with Gasteiger partial charge in [-0.1, -0.05) is 25.2 Å². The van der Waals surface area contributed by atoms with Gasteiger partial charge in [-0.05, 0) is 25.7 Å².